The number of rotatable bonds is 6. The SMILES string of the molecule is Cc1c(CCC#N)c(N2CCN(C(c3ccccc3)c3ccccc3Cl)CC2)n2c(nc3ccccc32)c1C#N. The van der Waals surface area contributed by atoms with Crippen molar-refractivity contribution in [2.24, 2.45) is 0 Å². The number of para-hydroxylation sites is 2. The van der Waals surface area contributed by atoms with Crippen LogP contribution in [0.5, 0.6) is 0 Å². The van der Waals surface area contributed by atoms with Gasteiger partial charge in [0.2, 0.25) is 0 Å². The fourth-order valence-corrected chi connectivity index (χ4v) is 6.33. The van der Waals surface area contributed by atoms with Crippen LogP contribution in [0.3, 0.4) is 0 Å². The Morgan fingerprint density at radius 3 is 2.33 bits per heavy atom. The van der Waals surface area contributed by atoms with Gasteiger partial charge in [-0.15, -0.1) is 0 Å². The summed E-state index contributed by atoms with van der Waals surface area (Å²) in [5.41, 5.74) is 7.38. The first kappa shape index (κ1) is 25.9. The predicted octanol–water partition coefficient (Wildman–Crippen LogP) is 6.69. The molecule has 198 valence electrons. The zero-order chi connectivity index (χ0) is 27.6. The van der Waals surface area contributed by atoms with Crippen molar-refractivity contribution in [3.05, 3.63) is 112 Å². The highest BCUT2D eigenvalue weighted by Gasteiger charge is 2.31. The lowest BCUT2D eigenvalue weighted by Crippen LogP contribution is -2.48. The number of hydrogen-bond donors (Lipinski definition) is 0. The average molecular weight is 545 g/mol. The number of nitrogens with zero attached hydrogens (tertiary/aromatic N) is 6. The van der Waals surface area contributed by atoms with Gasteiger partial charge in [-0.2, -0.15) is 10.5 Å². The van der Waals surface area contributed by atoms with Crippen LogP contribution in [0.25, 0.3) is 16.7 Å². The van der Waals surface area contributed by atoms with Gasteiger partial charge < -0.3 is 4.90 Å². The van der Waals surface area contributed by atoms with Gasteiger partial charge in [0.05, 0.1) is 28.7 Å². The summed E-state index contributed by atoms with van der Waals surface area (Å²) < 4.78 is 2.14. The molecule has 0 amide bonds. The summed E-state index contributed by atoms with van der Waals surface area (Å²) in [5.74, 6) is 1.05. The molecular formula is C33H29ClN6. The van der Waals surface area contributed by atoms with Crippen LogP contribution in [0.4, 0.5) is 5.82 Å². The number of halogens is 1. The van der Waals surface area contributed by atoms with Crippen molar-refractivity contribution in [1.82, 2.24) is 14.3 Å². The van der Waals surface area contributed by atoms with Crippen molar-refractivity contribution >= 4 is 34.1 Å². The highest BCUT2D eigenvalue weighted by atomic mass is 35.5. The highest BCUT2D eigenvalue weighted by molar-refractivity contribution is 6.31. The van der Waals surface area contributed by atoms with Crippen LogP contribution < -0.4 is 4.90 Å². The van der Waals surface area contributed by atoms with Gasteiger partial charge in [0, 0.05) is 37.6 Å². The molecule has 0 aliphatic carbocycles. The number of nitriles is 2. The van der Waals surface area contributed by atoms with E-state index in [0.717, 1.165) is 64.7 Å². The van der Waals surface area contributed by atoms with Crippen molar-refractivity contribution in [1.29, 1.82) is 10.5 Å². The van der Waals surface area contributed by atoms with E-state index in [1.54, 1.807) is 0 Å². The third kappa shape index (κ3) is 4.46. The predicted molar refractivity (Wildman–Crippen MR) is 160 cm³/mol. The molecule has 3 aromatic carbocycles. The Balaban J connectivity index is 1.43. The summed E-state index contributed by atoms with van der Waals surface area (Å²) in [5, 5.41) is 20.4. The molecule has 7 heteroatoms. The largest absolute Gasteiger partial charge is 0.355 e. The van der Waals surface area contributed by atoms with Gasteiger partial charge in [-0.25, -0.2) is 4.98 Å². The lowest BCUT2D eigenvalue weighted by atomic mass is 9.96. The van der Waals surface area contributed by atoms with Crippen LogP contribution in [-0.2, 0) is 6.42 Å². The van der Waals surface area contributed by atoms with E-state index >= 15 is 0 Å². The smallest absolute Gasteiger partial charge is 0.157 e. The van der Waals surface area contributed by atoms with Gasteiger partial charge in [-0.1, -0.05) is 72.3 Å². The van der Waals surface area contributed by atoms with Crippen molar-refractivity contribution in [2.75, 3.05) is 31.1 Å². The molecule has 1 fully saturated rings. The topological polar surface area (TPSA) is 71.4 Å². The van der Waals surface area contributed by atoms with Gasteiger partial charge in [0.1, 0.15) is 11.9 Å². The van der Waals surface area contributed by atoms with Crippen LogP contribution in [-0.4, -0.2) is 40.5 Å². The first-order valence-corrected chi connectivity index (χ1v) is 14.0. The fourth-order valence-electron chi connectivity index (χ4n) is 6.09. The maximum absolute atomic E-state index is 10.1. The monoisotopic (exact) mass is 544 g/mol. The maximum Gasteiger partial charge on any atom is 0.157 e. The molecule has 1 unspecified atom stereocenters. The number of pyridine rings is 1. The number of anilines is 1. The quantitative estimate of drug-likeness (QED) is 0.238. The molecule has 3 heterocycles. The van der Waals surface area contributed by atoms with E-state index in [2.05, 4.69) is 68.8 Å². The molecule has 2 aromatic heterocycles. The van der Waals surface area contributed by atoms with E-state index in [0.29, 0.717) is 24.1 Å². The molecule has 6 nitrogen and oxygen atoms in total. The minimum atomic E-state index is 0.0481. The molecular weight excluding hydrogens is 516 g/mol. The van der Waals surface area contributed by atoms with Gasteiger partial charge in [0.15, 0.2) is 5.65 Å². The minimum absolute atomic E-state index is 0.0481. The average Bonchev–Trinajstić information content (AvgIpc) is 3.37. The summed E-state index contributed by atoms with van der Waals surface area (Å²) in [6, 6.07) is 31.4. The molecule has 6 rings (SSSR count). The van der Waals surface area contributed by atoms with Gasteiger partial charge in [-0.3, -0.25) is 9.30 Å². The van der Waals surface area contributed by atoms with Gasteiger partial charge in [-0.05, 0) is 53.8 Å². The van der Waals surface area contributed by atoms with Crippen molar-refractivity contribution in [3.8, 4) is 12.1 Å². The fraction of sp³-hybridized carbons (Fsp3) is 0.242. The second-order valence-electron chi connectivity index (χ2n) is 10.2. The van der Waals surface area contributed by atoms with Gasteiger partial charge >= 0.3 is 0 Å². The minimum Gasteiger partial charge on any atom is -0.355 e. The normalized spacial score (nSPS) is 14.8. The van der Waals surface area contributed by atoms with Crippen LogP contribution in [0.15, 0.2) is 78.9 Å². The second kappa shape index (κ2) is 11.0. The van der Waals surface area contributed by atoms with E-state index in [4.69, 9.17) is 16.6 Å². The van der Waals surface area contributed by atoms with Crippen molar-refractivity contribution < 1.29 is 0 Å². The summed E-state index contributed by atoms with van der Waals surface area (Å²) >= 11 is 6.74. The van der Waals surface area contributed by atoms with Crippen molar-refractivity contribution in [3.63, 3.8) is 0 Å². The first-order valence-electron chi connectivity index (χ1n) is 13.6. The number of benzene rings is 3. The number of piperazine rings is 1. The molecule has 0 radical (unpaired) electrons. The molecule has 5 aromatic rings. The Morgan fingerprint density at radius 1 is 0.900 bits per heavy atom. The number of hydrogen-bond acceptors (Lipinski definition) is 5. The third-order valence-corrected chi connectivity index (χ3v) is 8.33. The van der Waals surface area contributed by atoms with Gasteiger partial charge in [0.25, 0.3) is 0 Å². The van der Waals surface area contributed by atoms with Crippen molar-refractivity contribution in [2.45, 2.75) is 25.8 Å². The van der Waals surface area contributed by atoms with E-state index in [9.17, 15) is 10.5 Å². The van der Waals surface area contributed by atoms with E-state index in [-0.39, 0.29) is 6.04 Å². The lowest BCUT2D eigenvalue weighted by Gasteiger charge is -2.41. The molecule has 0 saturated carbocycles. The third-order valence-electron chi connectivity index (χ3n) is 7.99. The first-order chi connectivity index (χ1) is 19.6. The molecule has 1 saturated heterocycles. The van der Waals surface area contributed by atoms with E-state index in [1.807, 2.05) is 43.3 Å². The zero-order valence-corrected chi connectivity index (χ0v) is 23.1. The second-order valence-corrected chi connectivity index (χ2v) is 10.6. The summed E-state index contributed by atoms with van der Waals surface area (Å²) in [7, 11) is 0. The summed E-state index contributed by atoms with van der Waals surface area (Å²) in [6.45, 7) is 5.24. The van der Waals surface area contributed by atoms with Crippen LogP contribution in [0, 0.1) is 29.6 Å². The number of aromatic nitrogens is 2. The Morgan fingerprint density at radius 2 is 1.60 bits per heavy atom. The van der Waals surface area contributed by atoms with Crippen LogP contribution >= 0.6 is 11.6 Å². The zero-order valence-electron chi connectivity index (χ0n) is 22.4. The summed E-state index contributed by atoms with van der Waals surface area (Å²) in [6.07, 6.45) is 0.973. The maximum atomic E-state index is 10.1. The highest BCUT2D eigenvalue weighted by Crippen LogP contribution is 2.37. The molecule has 1 atom stereocenters. The Kier molecular flexibility index (Phi) is 7.13. The van der Waals surface area contributed by atoms with Crippen LogP contribution in [0.2, 0.25) is 5.02 Å². The summed E-state index contributed by atoms with van der Waals surface area (Å²) in [4.78, 5) is 9.79. The molecule has 0 bridgehead atoms. The van der Waals surface area contributed by atoms with Crippen LogP contribution in [0.1, 0.15) is 40.3 Å². The van der Waals surface area contributed by atoms with E-state index in [1.165, 1.54) is 5.56 Å². The molecule has 40 heavy (non-hydrogen) atoms. The molecule has 0 N–H and O–H groups in total. The Labute approximate surface area is 239 Å². The molecule has 0 spiro atoms. The molecule has 1 aliphatic rings. The Hall–Kier alpha value is -4.36. The van der Waals surface area contributed by atoms with E-state index < -0.39 is 0 Å². The Bertz CT molecular complexity index is 1770. The number of imidazole rings is 1. The standard InChI is InChI=1S/C33H29ClN6/c1-23-25(13-9-17-35)33(40-30-16-8-7-15-29(30)37-32(40)27(23)22-36)39-20-18-38(19-21-39)31(24-10-3-2-4-11-24)26-12-5-6-14-28(26)34/h2-8,10-12,14-16,31H,9,13,18-21H2,1H3. The number of fused-ring (bicyclic) bond motifs is 3. The lowest BCUT2D eigenvalue weighted by molar-refractivity contribution is 0.212. The molecule has 1 aliphatic heterocycles.